The highest BCUT2D eigenvalue weighted by molar-refractivity contribution is 6.04. The predicted molar refractivity (Wildman–Crippen MR) is 66.8 cm³/mol. The number of amides is 1. The van der Waals surface area contributed by atoms with Crippen molar-refractivity contribution in [2.75, 3.05) is 5.32 Å². The zero-order chi connectivity index (χ0) is 12.3. The molecule has 0 saturated carbocycles. The fourth-order valence-corrected chi connectivity index (χ4v) is 1.42. The molecule has 0 fully saturated rings. The molecule has 1 aromatic carbocycles. The van der Waals surface area contributed by atoms with Crippen LogP contribution in [0.5, 0.6) is 0 Å². The van der Waals surface area contributed by atoms with Gasteiger partial charge in [-0.25, -0.2) is 0 Å². The molecule has 17 heavy (non-hydrogen) atoms. The van der Waals surface area contributed by atoms with Crippen LogP contribution in [0.25, 0.3) is 0 Å². The van der Waals surface area contributed by atoms with Gasteiger partial charge < -0.3 is 5.32 Å². The van der Waals surface area contributed by atoms with Gasteiger partial charge in [0.15, 0.2) is 0 Å². The van der Waals surface area contributed by atoms with E-state index in [9.17, 15) is 4.79 Å². The fourth-order valence-electron chi connectivity index (χ4n) is 1.42. The molecule has 0 bridgehead atoms. The Balaban J connectivity index is 2.16. The minimum atomic E-state index is -0.171. The number of aryl methyl sites for hydroxylation is 1. The van der Waals surface area contributed by atoms with Crippen molar-refractivity contribution in [2.45, 2.75) is 6.92 Å². The summed E-state index contributed by atoms with van der Waals surface area (Å²) in [4.78, 5) is 15.7. The van der Waals surface area contributed by atoms with Crippen molar-refractivity contribution < 1.29 is 4.79 Å². The number of pyridine rings is 1. The Kier molecular flexibility index (Phi) is 3.19. The maximum atomic E-state index is 11.8. The molecular weight excluding hydrogens is 212 g/mol. The van der Waals surface area contributed by atoms with E-state index >= 15 is 0 Å². The van der Waals surface area contributed by atoms with Gasteiger partial charge in [-0.2, -0.15) is 0 Å². The maximum Gasteiger partial charge on any atom is 0.255 e. The standard InChI is InChI=1S/C14H12N2O/c1-10-3-4-13(9-11(10)2)16-14(17)12-5-7-15-8-6-12/h2-9H,1H3,(H,16,17). The molecule has 2 aromatic rings. The molecule has 3 nitrogen and oxygen atoms in total. The Morgan fingerprint density at radius 3 is 2.59 bits per heavy atom. The van der Waals surface area contributed by atoms with E-state index in [4.69, 9.17) is 6.92 Å². The van der Waals surface area contributed by atoms with Crippen molar-refractivity contribution in [3.8, 4) is 0 Å². The van der Waals surface area contributed by atoms with Crippen LogP contribution >= 0.6 is 0 Å². The molecule has 1 amide bonds. The molecule has 0 unspecified atom stereocenters. The minimum Gasteiger partial charge on any atom is -0.322 e. The summed E-state index contributed by atoms with van der Waals surface area (Å²) in [5.41, 5.74) is 2.92. The van der Waals surface area contributed by atoms with Gasteiger partial charge in [0.25, 0.3) is 5.91 Å². The second-order valence-electron chi connectivity index (χ2n) is 3.76. The van der Waals surface area contributed by atoms with Crippen LogP contribution in [0.4, 0.5) is 5.69 Å². The smallest absolute Gasteiger partial charge is 0.255 e. The first kappa shape index (κ1) is 11.3. The van der Waals surface area contributed by atoms with Crippen molar-refractivity contribution >= 4 is 11.6 Å². The molecular formula is C14H12N2O. The van der Waals surface area contributed by atoms with Gasteiger partial charge in [-0.15, -0.1) is 0 Å². The summed E-state index contributed by atoms with van der Waals surface area (Å²) in [5.74, 6) is -0.171. The van der Waals surface area contributed by atoms with Gasteiger partial charge in [0.1, 0.15) is 0 Å². The Bertz CT molecular complexity index is 535. The number of hydrogen-bond acceptors (Lipinski definition) is 2. The number of rotatable bonds is 2. The number of nitrogens with zero attached hydrogens (tertiary/aromatic N) is 1. The Morgan fingerprint density at radius 1 is 1.24 bits per heavy atom. The third-order valence-electron chi connectivity index (χ3n) is 2.48. The molecule has 1 heterocycles. The van der Waals surface area contributed by atoms with Crippen LogP contribution in [0.1, 0.15) is 21.5 Å². The van der Waals surface area contributed by atoms with Crippen LogP contribution in [-0.4, -0.2) is 10.9 Å². The molecule has 1 aromatic heterocycles. The first-order valence-corrected chi connectivity index (χ1v) is 5.24. The molecule has 0 aliphatic carbocycles. The van der Waals surface area contributed by atoms with Gasteiger partial charge >= 0.3 is 0 Å². The fraction of sp³-hybridized carbons (Fsp3) is 0.0714. The first-order valence-electron chi connectivity index (χ1n) is 5.24. The van der Waals surface area contributed by atoms with Gasteiger partial charge in [0.05, 0.1) is 0 Å². The molecule has 84 valence electrons. The van der Waals surface area contributed by atoms with Crippen LogP contribution in [0.3, 0.4) is 0 Å². The normalized spacial score (nSPS) is 10.0. The summed E-state index contributed by atoms with van der Waals surface area (Å²) in [7, 11) is 0. The third-order valence-corrected chi connectivity index (χ3v) is 2.48. The molecule has 3 heteroatoms. The summed E-state index contributed by atoms with van der Waals surface area (Å²) in [6, 6.07) is 8.76. The lowest BCUT2D eigenvalue weighted by Gasteiger charge is -2.07. The minimum absolute atomic E-state index is 0.171. The molecule has 2 radical (unpaired) electrons. The van der Waals surface area contributed by atoms with E-state index in [2.05, 4.69) is 10.3 Å². The zero-order valence-electron chi connectivity index (χ0n) is 9.47. The summed E-state index contributed by atoms with van der Waals surface area (Å²) in [6.45, 7) is 7.69. The Hall–Kier alpha value is -2.16. The number of benzene rings is 1. The lowest BCUT2D eigenvalue weighted by molar-refractivity contribution is 0.102. The average molecular weight is 224 g/mol. The third kappa shape index (κ3) is 2.69. The van der Waals surface area contributed by atoms with E-state index in [1.54, 1.807) is 30.6 Å². The summed E-state index contributed by atoms with van der Waals surface area (Å²) in [5, 5.41) is 2.78. The van der Waals surface area contributed by atoms with Crippen molar-refractivity contribution in [2.24, 2.45) is 0 Å². The van der Waals surface area contributed by atoms with Gasteiger partial charge in [0.2, 0.25) is 0 Å². The van der Waals surface area contributed by atoms with E-state index in [1.807, 2.05) is 19.1 Å². The largest absolute Gasteiger partial charge is 0.322 e. The maximum absolute atomic E-state index is 11.8. The Labute approximate surface area is 101 Å². The zero-order valence-corrected chi connectivity index (χ0v) is 9.47. The molecule has 0 spiro atoms. The highest BCUT2D eigenvalue weighted by atomic mass is 16.1. The second-order valence-corrected chi connectivity index (χ2v) is 3.76. The van der Waals surface area contributed by atoms with Crippen LogP contribution in [0.2, 0.25) is 0 Å². The molecule has 1 N–H and O–H groups in total. The average Bonchev–Trinajstić information content (AvgIpc) is 2.35. The second kappa shape index (κ2) is 4.78. The van der Waals surface area contributed by atoms with E-state index < -0.39 is 0 Å². The lowest BCUT2D eigenvalue weighted by atomic mass is 10.1. The first-order chi connectivity index (χ1) is 8.16. The van der Waals surface area contributed by atoms with Gasteiger partial charge in [-0.3, -0.25) is 9.78 Å². The molecule has 2 rings (SSSR count). The highest BCUT2D eigenvalue weighted by Gasteiger charge is 2.05. The van der Waals surface area contributed by atoms with E-state index in [0.29, 0.717) is 16.8 Å². The number of nitrogens with one attached hydrogen (secondary N) is 1. The molecule has 0 saturated heterocycles. The molecule has 0 aliphatic heterocycles. The van der Waals surface area contributed by atoms with Gasteiger partial charge in [0, 0.05) is 23.6 Å². The monoisotopic (exact) mass is 224 g/mol. The molecule has 0 atom stereocenters. The van der Waals surface area contributed by atoms with Crippen molar-refractivity contribution in [1.82, 2.24) is 4.98 Å². The van der Waals surface area contributed by atoms with E-state index in [1.165, 1.54) is 0 Å². The predicted octanol–water partition coefficient (Wildman–Crippen LogP) is 2.70. The lowest BCUT2D eigenvalue weighted by Crippen LogP contribution is -2.11. The Morgan fingerprint density at radius 2 is 1.94 bits per heavy atom. The summed E-state index contributed by atoms with van der Waals surface area (Å²) in [6.07, 6.45) is 3.16. The quantitative estimate of drug-likeness (QED) is 0.852. The number of anilines is 1. The topological polar surface area (TPSA) is 42.0 Å². The van der Waals surface area contributed by atoms with Crippen LogP contribution in [0, 0.1) is 13.8 Å². The number of carbonyl (C=O) groups excluding carboxylic acids is 1. The van der Waals surface area contributed by atoms with Crippen molar-refractivity contribution in [3.05, 3.63) is 66.3 Å². The van der Waals surface area contributed by atoms with E-state index in [-0.39, 0.29) is 5.91 Å². The number of aromatic nitrogens is 1. The van der Waals surface area contributed by atoms with Crippen LogP contribution in [-0.2, 0) is 0 Å². The molecule has 0 aliphatic rings. The summed E-state index contributed by atoms with van der Waals surface area (Å²) < 4.78 is 0. The van der Waals surface area contributed by atoms with Crippen molar-refractivity contribution in [1.29, 1.82) is 0 Å². The van der Waals surface area contributed by atoms with Gasteiger partial charge in [-0.05, 0) is 49.2 Å². The number of hydrogen-bond donors (Lipinski definition) is 1. The highest BCUT2D eigenvalue weighted by Crippen LogP contribution is 2.15. The van der Waals surface area contributed by atoms with Crippen LogP contribution < -0.4 is 5.32 Å². The van der Waals surface area contributed by atoms with Gasteiger partial charge in [-0.1, -0.05) is 6.07 Å². The summed E-state index contributed by atoms with van der Waals surface area (Å²) >= 11 is 0. The van der Waals surface area contributed by atoms with Crippen LogP contribution in [0.15, 0.2) is 42.7 Å². The number of carbonyl (C=O) groups is 1. The van der Waals surface area contributed by atoms with Crippen molar-refractivity contribution in [3.63, 3.8) is 0 Å². The van der Waals surface area contributed by atoms with E-state index in [0.717, 1.165) is 5.56 Å². The SMILES string of the molecule is [CH]c1cc(NC(=O)c2ccncc2)ccc1C.